The average molecular weight is 322 g/mol. The number of hydrogen-bond donors (Lipinski definition) is 1. The van der Waals surface area contributed by atoms with Crippen LogP contribution in [-0.2, 0) is 11.2 Å². The summed E-state index contributed by atoms with van der Waals surface area (Å²) in [5.41, 5.74) is 0.684. The molecule has 0 saturated carbocycles. The second-order valence-corrected chi connectivity index (χ2v) is 7.33. The van der Waals surface area contributed by atoms with E-state index >= 15 is 0 Å². The van der Waals surface area contributed by atoms with E-state index in [1.807, 2.05) is 33.3 Å². The summed E-state index contributed by atoms with van der Waals surface area (Å²) < 4.78 is 7.46. The number of nitrogens with one attached hydrogen (secondary N) is 1. The molecule has 1 aliphatic rings. The Kier molecular flexibility index (Phi) is 6.04. The van der Waals surface area contributed by atoms with E-state index in [0.717, 1.165) is 18.7 Å². The summed E-state index contributed by atoms with van der Waals surface area (Å²) in [5.74, 6) is 0. The van der Waals surface area contributed by atoms with Crippen molar-refractivity contribution in [3.63, 3.8) is 0 Å². The predicted octanol–water partition coefficient (Wildman–Crippen LogP) is 2.61. The zero-order valence-corrected chi connectivity index (χ0v) is 14.8. The summed E-state index contributed by atoms with van der Waals surface area (Å²) >= 11 is 0. The fourth-order valence-corrected chi connectivity index (χ4v) is 2.96. The molecule has 1 N–H and O–H groups in total. The molecule has 1 aromatic heterocycles. The Morgan fingerprint density at radius 1 is 1.39 bits per heavy atom. The molecule has 23 heavy (non-hydrogen) atoms. The maximum Gasteiger partial charge on any atom is 0.407 e. The molecule has 130 valence electrons. The molecule has 6 heteroatoms. The minimum absolute atomic E-state index is 0.367. The molecular weight excluding hydrogens is 292 g/mol. The summed E-state index contributed by atoms with van der Waals surface area (Å²) in [6.45, 7) is 11.8. The third-order valence-corrected chi connectivity index (χ3v) is 3.99. The van der Waals surface area contributed by atoms with Gasteiger partial charge in [0.25, 0.3) is 0 Å². The zero-order valence-electron chi connectivity index (χ0n) is 14.8. The molecule has 1 saturated heterocycles. The fourth-order valence-electron chi connectivity index (χ4n) is 2.96. The number of imidazole rings is 1. The first-order chi connectivity index (χ1) is 10.8. The molecule has 1 aromatic rings. The Hall–Kier alpha value is -1.56. The maximum atomic E-state index is 11.7. The number of aromatic nitrogens is 2. The first-order valence-corrected chi connectivity index (χ1v) is 8.55. The van der Waals surface area contributed by atoms with E-state index in [0.29, 0.717) is 12.6 Å². The molecule has 0 bridgehead atoms. The first kappa shape index (κ1) is 17.8. The van der Waals surface area contributed by atoms with Gasteiger partial charge in [0.1, 0.15) is 5.60 Å². The maximum absolute atomic E-state index is 11.7. The summed E-state index contributed by atoms with van der Waals surface area (Å²) in [7, 11) is 0. The van der Waals surface area contributed by atoms with Gasteiger partial charge in [-0.25, -0.2) is 9.78 Å². The van der Waals surface area contributed by atoms with Gasteiger partial charge < -0.3 is 19.5 Å². The third-order valence-electron chi connectivity index (χ3n) is 3.99. The standard InChI is InChI=1S/C17H30N4O2/c1-14(12-20-9-5-6-10-20)21-13-18-11-15(21)7-8-19-16(22)23-17(2,3)4/h11,13-14H,5-10,12H2,1-4H3,(H,19,22). The molecule has 1 unspecified atom stereocenters. The second kappa shape index (κ2) is 7.81. The number of ether oxygens (including phenoxy) is 1. The molecule has 0 aromatic carbocycles. The van der Waals surface area contributed by atoms with Crippen LogP contribution in [0.25, 0.3) is 0 Å². The Labute approximate surface area is 139 Å². The van der Waals surface area contributed by atoms with E-state index in [2.05, 4.69) is 26.7 Å². The average Bonchev–Trinajstić information content (AvgIpc) is 3.07. The number of carbonyl (C=O) groups is 1. The Morgan fingerprint density at radius 2 is 2.09 bits per heavy atom. The number of amides is 1. The molecule has 6 nitrogen and oxygen atoms in total. The van der Waals surface area contributed by atoms with Gasteiger partial charge in [-0.3, -0.25) is 0 Å². The molecule has 0 spiro atoms. The minimum atomic E-state index is -0.462. The van der Waals surface area contributed by atoms with Crippen LogP contribution in [0.4, 0.5) is 4.79 Å². The summed E-state index contributed by atoms with van der Waals surface area (Å²) in [4.78, 5) is 18.5. The number of alkyl carbamates (subject to hydrolysis) is 1. The van der Waals surface area contributed by atoms with Crippen LogP contribution in [0.15, 0.2) is 12.5 Å². The third kappa shape index (κ3) is 5.86. The molecule has 1 atom stereocenters. The van der Waals surface area contributed by atoms with Crippen LogP contribution in [0.3, 0.4) is 0 Å². The van der Waals surface area contributed by atoms with Crippen molar-refractivity contribution in [1.29, 1.82) is 0 Å². The highest BCUT2D eigenvalue weighted by molar-refractivity contribution is 5.67. The van der Waals surface area contributed by atoms with Crippen molar-refractivity contribution in [2.24, 2.45) is 0 Å². The van der Waals surface area contributed by atoms with Crippen LogP contribution in [-0.4, -0.2) is 52.3 Å². The summed E-state index contributed by atoms with van der Waals surface area (Å²) in [6, 6.07) is 0.395. The largest absolute Gasteiger partial charge is 0.444 e. The van der Waals surface area contributed by atoms with Gasteiger partial charge in [0.05, 0.1) is 6.33 Å². The Balaban J connectivity index is 1.80. The van der Waals surface area contributed by atoms with Crippen molar-refractivity contribution in [2.75, 3.05) is 26.2 Å². The molecule has 2 heterocycles. The molecule has 1 amide bonds. The van der Waals surface area contributed by atoms with Gasteiger partial charge in [-0.15, -0.1) is 0 Å². The van der Waals surface area contributed by atoms with E-state index in [9.17, 15) is 4.79 Å². The first-order valence-electron chi connectivity index (χ1n) is 8.55. The summed E-state index contributed by atoms with van der Waals surface area (Å²) in [5, 5.41) is 2.80. The molecule has 2 rings (SSSR count). The van der Waals surface area contributed by atoms with Crippen molar-refractivity contribution in [2.45, 2.75) is 58.6 Å². The zero-order chi connectivity index (χ0) is 16.9. The van der Waals surface area contributed by atoms with E-state index in [4.69, 9.17) is 4.74 Å². The number of carbonyl (C=O) groups excluding carboxylic acids is 1. The highest BCUT2D eigenvalue weighted by Crippen LogP contribution is 2.16. The van der Waals surface area contributed by atoms with E-state index in [1.54, 1.807) is 0 Å². The van der Waals surface area contributed by atoms with Crippen LogP contribution in [0.2, 0.25) is 0 Å². The van der Waals surface area contributed by atoms with Crippen molar-refractivity contribution in [3.05, 3.63) is 18.2 Å². The second-order valence-electron chi connectivity index (χ2n) is 7.33. The van der Waals surface area contributed by atoms with Gasteiger partial charge in [0.2, 0.25) is 0 Å². The van der Waals surface area contributed by atoms with Crippen LogP contribution >= 0.6 is 0 Å². The molecule has 0 radical (unpaired) electrons. The molecule has 1 aliphatic heterocycles. The normalized spacial score (nSPS) is 17.2. The van der Waals surface area contributed by atoms with Crippen molar-refractivity contribution in [1.82, 2.24) is 19.8 Å². The van der Waals surface area contributed by atoms with Gasteiger partial charge in [-0.2, -0.15) is 0 Å². The highest BCUT2D eigenvalue weighted by atomic mass is 16.6. The Bertz CT molecular complexity index is 501. The van der Waals surface area contributed by atoms with Crippen molar-refractivity contribution >= 4 is 6.09 Å². The van der Waals surface area contributed by atoms with Crippen LogP contribution in [0, 0.1) is 0 Å². The van der Waals surface area contributed by atoms with E-state index in [1.165, 1.54) is 25.9 Å². The predicted molar refractivity (Wildman–Crippen MR) is 90.6 cm³/mol. The van der Waals surface area contributed by atoms with Crippen LogP contribution in [0.1, 0.15) is 52.3 Å². The van der Waals surface area contributed by atoms with Crippen LogP contribution < -0.4 is 5.32 Å². The number of hydrogen-bond acceptors (Lipinski definition) is 4. The molecule has 1 fully saturated rings. The quantitative estimate of drug-likeness (QED) is 0.874. The van der Waals surface area contributed by atoms with E-state index < -0.39 is 5.60 Å². The molecular formula is C17H30N4O2. The monoisotopic (exact) mass is 322 g/mol. The molecule has 0 aliphatic carbocycles. The smallest absolute Gasteiger partial charge is 0.407 e. The fraction of sp³-hybridized carbons (Fsp3) is 0.765. The number of rotatable bonds is 6. The topological polar surface area (TPSA) is 59.4 Å². The number of likely N-dealkylation sites (tertiary alicyclic amines) is 1. The highest BCUT2D eigenvalue weighted by Gasteiger charge is 2.18. The van der Waals surface area contributed by atoms with Crippen molar-refractivity contribution < 1.29 is 9.53 Å². The number of nitrogens with zero attached hydrogens (tertiary/aromatic N) is 3. The van der Waals surface area contributed by atoms with Crippen molar-refractivity contribution in [3.8, 4) is 0 Å². The van der Waals surface area contributed by atoms with Crippen LogP contribution in [0.5, 0.6) is 0 Å². The Morgan fingerprint density at radius 3 is 2.74 bits per heavy atom. The van der Waals surface area contributed by atoms with Gasteiger partial charge in [-0.05, 0) is 53.6 Å². The van der Waals surface area contributed by atoms with Gasteiger partial charge in [-0.1, -0.05) is 0 Å². The lowest BCUT2D eigenvalue weighted by atomic mass is 10.2. The van der Waals surface area contributed by atoms with Gasteiger partial charge >= 0.3 is 6.09 Å². The SMILES string of the molecule is CC(CN1CCCC1)n1cncc1CCNC(=O)OC(C)(C)C. The van der Waals surface area contributed by atoms with Gasteiger partial charge in [0, 0.05) is 37.4 Å². The lowest BCUT2D eigenvalue weighted by molar-refractivity contribution is 0.0528. The lowest BCUT2D eigenvalue weighted by Crippen LogP contribution is -2.34. The van der Waals surface area contributed by atoms with Gasteiger partial charge in [0.15, 0.2) is 0 Å². The lowest BCUT2D eigenvalue weighted by Gasteiger charge is -2.23. The minimum Gasteiger partial charge on any atom is -0.444 e. The van der Waals surface area contributed by atoms with E-state index in [-0.39, 0.29) is 6.09 Å². The summed E-state index contributed by atoms with van der Waals surface area (Å²) in [6.07, 6.45) is 6.78.